The fraction of sp³-hybridized carbons (Fsp3) is 0.471. The first-order valence-corrected chi connectivity index (χ1v) is 13.3. The van der Waals surface area contributed by atoms with Gasteiger partial charge >= 0.3 is 0 Å². The van der Waals surface area contributed by atoms with Crippen LogP contribution >= 0.6 is 0 Å². The Kier molecular flexibility index (Phi) is 7.98. The highest BCUT2D eigenvalue weighted by molar-refractivity contribution is 5.73. The quantitative estimate of drug-likeness (QED) is 0.299. The van der Waals surface area contributed by atoms with Gasteiger partial charge < -0.3 is 0 Å². The van der Waals surface area contributed by atoms with Gasteiger partial charge in [-0.05, 0) is 81.0 Å². The van der Waals surface area contributed by atoms with Crippen LogP contribution in [-0.4, -0.2) is 0 Å². The molecule has 0 heterocycles. The monoisotopic (exact) mass is 482 g/mol. The summed E-state index contributed by atoms with van der Waals surface area (Å²) in [7, 11) is 0. The summed E-state index contributed by atoms with van der Waals surface area (Å²) in [4.78, 5) is 0. The first-order valence-electron chi connectivity index (χ1n) is 13.3. The molecule has 3 aromatic carbocycles. The second-order valence-electron chi connectivity index (χ2n) is 14.1. The smallest absolute Gasteiger partial charge is 0.0863 e. The number of nitrogens with zero attached hydrogens (tertiary/aromatic N) is 2. The zero-order valence-electron chi connectivity index (χ0n) is 24.2. The zero-order chi connectivity index (χ0) is 26.8. The van der Waals surface area contributed by atoms with Crippen LogP contribution in [0.2, 0.25) is 0 Å². The third kappa shape index (κ3) is 7.38. The van der Waals surface area contributed by atoms with Crippen molar-refractivity contribution in [3.05, 3.63) is 83.9 Å². The van der Waals surface area contributed by atoms with Gasteiger partial charge in [-0.25, -0.2) is 0 Å². The molecule has 0 atom stereocenters. The summed E-state index contributed by atoms with van der Waals surface area (Å²) < 4.78 is 0. The minimum Gasteiger partial charge on any atom is -0.151 e. The van der Waals surface area contributed by atoms with Gasteiger partial charge in [-0.2, -0.15) is 10.2 Å². The van der Waals surface area contributed by atoms with Gasteiger partial charge in [0.05, 0.1) is 11.4 Å². The number of benzene rings is 3. The molecule has 2 heteroatoms. The maximum atomic E-state index is 4.56. The lowest BCUT2D eigenvalue weighted by molar-refractivity contribution is 0.264. The Balaban J connectivity index is 2.18. The van der Waals surface area contributed by atoms with Crippen LogP contribution in [0, 0.1) is 10.8 Å². The van der Waals surface area contributed by atoms with Crippen LogP contribution in [0.5, 0.6) is 0 Å². The average Bonchev–Trinajstić information content (AvgIpc) is 2.75. The molecule has 0 radical (unpaired) electrons. The number of hydrogen-bond acceptors (Lipinski definition) is 2. The van der Waals surface area contributed by atoms with Crippen molar-refractivity contribution >= 4 is 11.4 Å². The molecule has 3 rings (SSSR count). The minimum atomic E-state index is 0.000885. The molecule has 0 unspecified atom stereocenters. The van der Waals surface area contributed by atoms with E-state index in [2.05, 4.69) is 116 Å². The van der Waals surface area contributed by atoms with E-state index < -0.39 is 0 Å². The molecule has 0 aliphatic carbocycles. The molecule has 36 heavy (non-hydrogen) atoms. The third-order valence-electron chi connectivity index (χ3n) is 6.61. The van der Waals surface area contributed by atoms with Crippen LogP contribution < -0.4 is 0 Å². The van der Waals surface area contributed by atoms with Crippen molar-refractivity contribution in [1.82, 2.24) is 0 Å². The average molecular weight is 483 g/mol. The highest BCUT2D eigenvalue weighted by Gasteiger charge is 2.37. The molecule has 0 amide bonds. The van der Waals surface area contributed by atoms with Crippen molar-refractivity contribution in [3.8, 4) is 11.1 Å². The van der Waals surface area contributed by atoms with Gasteiger partial charge in [0, 0.05) is 0 Å². The molecule has 0 aromatic heterocycles. The van der Waals surface area contributed by atoms with E-state index >= 15 is 0 Å². The standard InChI is InChI=1S/C34H46N2/c1-31(2,3)23-33(7,8)29-21-15-20-28(30(29)34(9,10)24-32(4,5)6)25-16-14-19-27(22-25)36-35-26-17-12-11-13-18-26/h11-22H,23-24H2,1-10H3. The topological polar surface area (TPSA) is 24.7 Å². The predicted octanol–water partition coefficient (Wildman–Crippen LogP) is 11.2. The SMILES string of the molecule is CC(C)(C)CC(C)(C)c1cccc(-c2cccc(N=Nc3ccccc3)c2)c1C(C)(C)CC(C)(C)C. The first kappa shape index (κ1) is 27.8. The van der Waals surface area contributed by atoms with Crippen LogP contribution in [-0.2, 0) is 10.8 Å². The maximum absolute atomic E-state index is 4.56. The number of hydrogen-bond donors (Lipinski definition) is 0. The summed E-state index contributed by atoms with van der Waals surface area (Å²) in [5.41, 5.74) is 7.66. The largest absolute Gasteiger partial charge is 0.151 e. The molecule has 2 nitrogen and oxygen atoms in total. The molecule has 0 N–H and O–H groups in total. The molecule has 0 spiro atoms. The van der Waals surface area contributed by atoms with E-state index in [9.17, 15) is 0 Å². The van der Waals surface area contributed by atoms with E-state index in [0.717, 1.165) is 24.2 Å². The van der Waals surface area contributed by atoms with Crippen LogP contribution in [0.25, 0.3) is 11.1 Å². The molecule has 3 aromatic rings. The Morgan fingerprint density at radius 2 is 1.06 bits per heavy atom. The van der Waals surface area contributed by atoms with Gasteiger partial charge in [0.1, 0.15) is 0 Å². The van der Waals surface area contributed by atoms with Gasteiger partial charge in [-0.15, -0.1) is 0 Å². The lowest BCUT2D eigenvalue weighted by atomic mass is 9.63. The maximum Gasteiger partial charge on any atom is 0.0863 e. The van der Waals surface area contributed by atoms with Gasteiger partial charge in [-0.3, -0.25) is 0 Å². The number of rotatable bonds is 7. The van der Waals surface area contributed by atoms with Gasteiger partial charge in [-0.1, -0.05) is 118 Å². The summed E-state index contributed by atoms with van der Waals surface area (Å²) in [6.07, 6.45) is 2.22. The fourth-order valence-electron chi connectivity index (χ4n) is 6.27. The van der Waals surface area contributed by atoms with E-state index in [0.29, 0.717) is 0 Å². The zero-order valence-corrected chi connectivity index (χ0v) is 24.2. The second kappa shape index (κ2) is 10.3. The van der Waals surface area contributed by atoms with Crippen LogP contribution in [0.1, 0.15) is 93.2 Å². The van der Waals surface area contributed by atoms with Crippen LogP contribution in [0.4, 0.5) is 11.4 Å². The summed E-state index contributed by atoms with van der Waals surface area (Å²) in [6, 6.07) is 25.3. The van der Waals surface area contributed by atoms with Crippen LogP contribution in [0.3, 0.4) is 0 Å². The van der Waals surface area contributed by atoms with Crippen molar-refractivity contribution in [2.75, 3.05) is 0 Å². The summed E-state index contributed by atoms with van der Waals surface area (Å²) in [5.74, 6) is 0. The normalized spacial score (nSPS) is 13.4. The molecule has 192 valence electrons. The molecular formula is C34H46N2. The van der Waals surface area contributed by atoms with Crippen LogP contribution in [0.15, 0.2) is 83.0 Å². The van der Waals surface area contributed by atoms with E-state index in [1.165, 1.54) is 22.3 Å². The molecule has 0 aliphatic heterocycles. The molecule has 0 aliphatic rings. The van der Waals surface area contributed by atoms with E-state index in [1.807, 2.05) is 36.4 Å². The van der Waals surface area contributed by atoms with Crippen molar-refractivity contribution in [3.63, 3.8) is 0 Å². The third-order valence-corrected chi connectivity index (χ3v) is 6.61. The van der Waals surface area contributed by atoms with Crippen molar-refractivity contribution in [2.24, 2.45) is 21.1 Å². The Morgan fingerprint density at radius 1 is 0.528 bits per heavy atom. The Bertz CT molecular complexity index is 1190. The summed E-state index contributed by atoms with van der Waals surface area (Å²) >= 11 is 0. The molecule has 0 saturated carbocycles. The van der Waals surface area contributed by atoms with Crippen molar-refractivity contribution in [2.45, 2.75) is 92.9 Å². The predicted molar refractivity (Wildman–Crippen MR) is 157 cm³/mol. The van der Waals surface area contributed by atoms with E-state index in [-0.39, 0.29) is 21.7 Å². The Labute approximate surface area is 220 Å². The Morgan fingerprint density at radius 3 is 1.67 bits per heavy atom. The molecule has 0 saturated heterocycles. The van der Waals surface area contributed by atoms with Crippen molar-refractivity contribution in [1.29, 1.82) is 0 Å². The van der Waals surface area contributed by atoms with Gasteiger partial charge in [0.15, 0.2) is 0 Å². The fourth-order valence-corrected chi connectivity index (χ4v) is 6.27. The minimum absolute atomic E-state index is 0.000885. The first-order chi connectivity index (χ1) is 16.6. The van der Waals surface area contributed by atoms with E-state index in [1.54, 1.807) is 0 Å². The lowest BCUT2D eigenvalue weighted by Gasteiger charge is -2.41. The molecule has 0 fully saturated rings. The summed E-state index contributed by atoms with van der Waals surface area (Å²) in [6.45, 7) is 23.8. The van der Waals surface area contributed by atoms with Gasteiger partial charge in [0.25, 0.3) is 0 Å². The Hall–Kier alpha value is -2.74. The van der Waals surface area contributed by atoms with Crippen molar-refractivity contribution < 1.29 is 0 Å². The van der Waals surface area contributed by atoms with Gasteiger partial charge in [0.2, 0.25) is 0 Å². The second-order valence-corrected chi connectivity index (χ2v) is 14.1. The molecule has 0 bridgehead atoms. The molecular weight excluding hydrogens is 436 g/mol. The van der Waals surface area contributed by atoms with E-state index in [4.69, 9.17) is 0 Å². The number of azo groups is 1. The lowest BCUT2D eigenvalue weighted by Crippen LogP contribution is -2.32. The summed E-state index contributed by atoms with van der Waals surface area (Å²) in [5, 5.41) is 9.01. The highest BCUT2D eigenvalue weighted by Crippen LogP contribution is 2.48. The highest BCUT2D eigenvalue weighted by atomic mass is 15.1.